The number of benzene rings is 3. The average Bonchev–Trinajstić information content (AvgIpc) is 3.68. The summed E-state index contributed by atoms with van der Waals surface area (Å²) in [6.45, 7) is 7.29. The number of unbranched alkanes of at least 4 members (excludes halogenated alkanes) is 2. The number of rotatable bonds is 17. The molecule has 1 heterocycles. The van der Waals surface area contributed by atoms with Crippen molar-refractivity contribution in [1.29, 1.82) is 0 Å². The van der Waals surface area contributed by atoms with Crippen molar-refractivity contribution in [3.63, 3.8) is 0 Å². The van der Waals surface area contributed by atoms with Gasteiger partial charge in [-0.1, -0.05) is 73.3 Å². The molecule has 6 unspecified atom stereocenters. The fourth-order valence-electron chi connectivity index (χ4n) is 9.27. The molecule has 6 atom stereocenters. The number of aliphatic hydroxyl groups excluding tert-OH is 2. The van der Waals surface area contributed by atoms with Crippen LogP contribution >= 0.6 is 11.8 Å². The summed E-state index contributed by atoms with van der Waals surface area (Å²) >= 11 is 2.03. The Morgan fingerprint density at radius 1 is 0.942 bits per heavy atom. The molecule has 2 N–H and O–H groups in total. The SMILES string of the molecule is C=CCOC12Oc3ccc(Oc4ccc5ccccc5c4)cc3C3C(CCCCO)C(CCCCO)C=C(C(=NOCC)CC1SC1CCCC1)C32. The van der Waals surface area contributed by atoms with E-state index in [1.165, 1.54) is 36.6 Å². The minimum Gasteiger partial charge on any atom is -0.460 e. The van der Waals surface area contributed by atoms with E-state index in [0.717, 1.165) is 72.4 Å². The Hall–Kier alpha value is -3.30. The second-order valence-electron chi connectivity index (χ2n) is 14.8. The third kappa shape index (κ3) is 7.68. The number of thioether (sulfide) groups is 1. The molecule has 1 aliphatic heterocycles. The van der Waals surface area contributed by atoms with Crippen molar-refractivity contribution in [3.8, 4) is 17.2 Å². The van der Waals surface area contributed by atoms with Crippen molar-refractivity contribution in [3.05, 3.63) is 90.5 Å². The van der Waals surface area contributed by atoms with Crippen LogP contribution in [-0.4, -0.2) is 58.6 Å². The number of hydrogen-bond donors (Lipinski definition) is 2. The Labute approximate surface area is 313 Å². The van der Waals surface area contributed by atoms with Gasteiger partial charge in [0.1, 0.15) is 23.9 Å². The first-order valence-electron chi connectivity index (χ1n) is 19.6. The van der Waals surface area contributed by atoms with E-state index in [4.69, 9.17) is 24.2 Å². The van der Waals surface area contributed by atoms with E-state index in [2.05, 4.69) is 61.2 Å². The topological polar surface area (TPSA) is 89.7 Å². The molecule has 0 amide bonds. The highest BCUT2D eigenvalue weighted by molar-refractivity contribution is 8.00. The van der Waals surface area contributed by atoms with E-state index in [0.29, 0.717) is 24.9 Å². The lowest BCUT2D eigenvalue weighted by atomic mass is 9.56. The quantitative estimate of drug-likeness (QED) is 0.0814. The van der Waals surface area contributed by atoms with Crippen LogP contribution in [0.4, 0.5) is 0 Å². The van der Waals surface area contributed by atoms with Gasteiger partial charge in [0.05, 0.1) is 23.5 Å². The number of hydrogen-bond acceptors (Lipinski definition) is 8. The second kappa shape index (κ2) is 17.2. The molecule has 3 aromatic carbocycles. The summed E-state index contributed by atoms with van der Waals surface area (Å²) in [5.74, 6) is 1.91. The lowest BCUT2D eigenvalue weighted by Gasteiger charge is -2.58. The van der Waals surface area contributed by atoms with Gasteiger partial charge in [0.2, 0.25) is 5.79 Å². The van der Waals surface area contributed by atoms with E-state index >= 15 is 0 Å². The van der Waals surface area contributed by atoms with Crippen molar-refractivity contribution >= 4 is 28.2 Å². The van der Waals surface area contributed by atoms with Gasteiger partial charge in [-0.25, -0.2) is 0 Å². The molecule has 3 aromatic rings. The largest absolute Gasteiger partial charge is 0.460 e. The fourth-order valence-corrected chi connectivity index (χ4v) is 11.1. The van der Waals surface area contributed by atoms with Gasteiger partial charge in [-0.2, -0.15) is 0 Å². The Bertz CT molecular complexity index is 1730. The highest BCUT2D eigenvalue weighted by atomic mass is 32.2. The number of oxime groups is 1. The minimum atomic E-state index is -0.928. The number of fused-ring (bicyclic) bond motifs is 3. The van der Waals surface area contributed by atoms with Gasteiger partial charge in [-0.3, -0.25) is 0 Å². The molecule has 0 radical (unpaired) electrons. The molecule has 7 nitrogen and oxygen atoms in total. The summed E-state index contributed by atoms with van der Waals surface area (Å²) in [5, 5.41) is 27.4. The van der Waals surface area contributed by atoms with Gasteiger partial charge in [-0.05, 0) is 104 Å². The zero-order valence-electron chi connectivity index (χ0n) is 30.6. The summed E-state index contributed by atoms with van der Waals surface area (Å²) in [6.07, 6.45) is 15.2. The predicted octanol–water partition coefficient (Wildman–Crippen LogP) is 9.96. The molecule has 0 aromatic heterocycles. The summed E-state index contributed by atoms with van der Waals surface area (Å²) in [4.78, 5) is 5.86. The van der Waals surface area contributed by atoms with Crippen LogP contribution in [0.2, 0.25) is 0 Å². The molecule has 8 heteroatoms. The Balaban J connectivity index is 1.38. The molecular formula is C44H55NO6S. The van der Waals surface area contributed by atoms with Crippen LogP contribution in [0.1, 0.15) is 89.0 Å². The van der Waals surface area contributed by atoms with Crippen molar-refractivity contribution in [2.24, 2.45) is 22.9 Å². The van der Waals surface area contributed by atoms with Crippen molar-refractivity contribution in [2.75, 3.05) is 26.4 Å². The van der Waals surface area contributed by atoms with Gasteiger partial charge >= 0.3 is 0 Å². The first-order valence-corrected chi connectivity index (χ1v) is 20.5. The predicted molar refractivity (Wildman–Crippen MR) is 210 cm³/mol. The van der Waals surface area contributed by atoms with Crippen LogP contribution in [0, 0.1) is 17.8 Å². The zero-order chi connectivity index (χ0) is 35.9. The number of nitrogens with zero attached hydrogens (tertiary/aromatic N) is 1. The molecule has 2 fully saturated rings. The normalized spacial score (nSPS) is 27.5. The smallest absolute Gasteiger partial charge is 0.230 e. The molecule has 52 heavy (non-hydrogen) atoms. The van der Waals surface area contributed by atoms with E-state index in [1.54, 1.807) is 0 Å². The lowest BCUT2D eigenvalue weighted by molar-refractivity contribution is -0.223. The first-order chi connectivity index (χ1) is 25.6. The van der Waals surface area contributed by atoms with Gasteiger partial charge in [0.25, 0.3) is 0 Å². The maximum Gasteiger partial charge on any atom is 0.230 e. The Morgan fingerprint density at radius 3 is 2.46 bits per heavy atom. The van der Waals surface area contributed by atoms with Crippen LogP contribution in [-0.2, 0) is 9.57 Å². The van der Waals surface area contributed by atoms with Gasteiger partial charge in [-0.15, -0.1) is 18.3 Å². The maximum atomic E-state index is 9.89. The monoisotopic (exact) mass is 725 g/mol. The fraction of sp³-hybridized carbons (Fsp3) is 0.523. The van der Waals surface area contributed by atoms with E-state index in [9.17, 15) is 10.2 Å². The highest BCUT2D eigenvalue weighted by Crippen LogP contribution is 2.63. The van der Waals surface area contributed by atoms with E-state index in [-0.39, 0.29) is 42.1 Å². The molecule has 3 aliphatic carbocycles. The van der Waals surface area contributed by atoms with Crippen molar-refractivity contribution in [1.82, 2.24) is 0 Å². The van der Waals surface area contributed by atoms with E-state index < -0.39 is 5.79 Å². The molecule has 0 saturated heterocycles. The molecular weight excluding hydrogens is 671 g/mol. The Morgan fingerprint density at radius 2 is 1.69 bits per heavy atom. The minimum absolute atomic E-state index is 0.00473. The van der Waals surface area contributed by atoms with Gasteiger partial charge in [0.15, 0.2) is 0 Å². The number of ether oxygens (including phenoxy) is 3. The number of allylic oxidation sites excluding steroid dienone is 1. The lowest BCUT2D eigenvalue weighted by Crippen LogP contribution is -2.64. The molecule has 2 saturated carbocycles. The summed E-state index contributed by atoms with van der Waals surface area (Å²) in [6, 6.07) is 20.9. The second-order valence-corrected chi connectivity index (χ2v) is 16.3. The molecule has 7 rings (SSSR count). The van der Waals surface area contributed by atoms with Gasteiger partial charge < -0.3 is 29.3 Å². The third-order valence-corrected chi connectivity index (χ3v) is 13.2. The van der Waals surface area contributed by atoms with Crippen molar-refractivity contribution < 1.29 is 29.3 Å². The van der Waals surface area contributed by atoms with Crippen LogP contribution in [0.25, 0.3) is 10.8 Å². The first kappa shape index (κ1) is 37.0. The molecule has 0 spiro atoms. The van der Waals surface area contributed by atoms with Crippen LogP contribution in [0.15, 0.2) is 90.1 Å². The van der Waals surface area contributed by atoms with Crippen LogP contribution in [0.3, 0.4) is 0 Å². The summed E-state index contributed by atoms with van der Waals surface area (Å²) < 4.78 is 21.0. The van der Waals surface area contributed by atoms with Gasteiger partial charge in [0, 0.05) is 36.4 Å². The average molecular weight is 726 g/mol. The molecule has 4 aliphatic rings. The third-order valence-electron chi connectivity index (χ3n) is 11.5. The van der Waals surface area contributed by atoms with Crippen molar-refractivity contribution in [2.45, 2.75) is 99.8 Å². The van der Waals surface area contributed by atoms with Crippen LogP contribution < -0.4 is 9.47 Å². The Kier molecular flexibility index (Phi) is 12.3. The van der Waals surface area contributed by atoms with E-state index in [1.807, 2.05) is 36.9 Å². The van der Waals surface area contributed by atoms with Crippen LogP contribution in [0.5, 0.6) is 17.2 Å². The zero-order valence-corrected chi connectivity index (χ0v) is 31.4. The standard InChI is InChI=1S/C44H55NO6S/c1-3-25-48-44-41(52-35-16-7-8-17-35)29-39(45-49-4-2)37-27-32(15-9-11-23-46)36(18-10-12-24-47)42(43(37)44)38-28-34(21-22-40(38)51-44)50-33-20-19-30-13-5-6-14-31(30)26-33/h3,5-6,13-14,19-22,26-28,32,35-36,41-43,46-47H,1,4,7-12,15-18,23-25,29H2,2H3. The molecule has 278 valence electrons. The maximum absolute atomic E-state index is 9.89. The summed E-state index contributed by atoms with van der Waals surface area (Å²) in [5.41, 5.74) is 3.31. The number of aliphatic hydroxyl groups is 2. The molecule has 0 bridgehead atoms. The highest BCUT2D eigenvalue weighted by Gasteiger charge is 2.64. The summed E-state index contributed by atoms with van der Waals surface area (Å²) in [7, 11) is 0.